The van der Waals surface area contributed by atoms with Gasteiger partial charge in [-0.1, -0.05) is 33.2 Å². The van der Waals surface area contributed by atoms with Crippen molar-refractivity contribution in [3.63, 3.8) is 0 Å². The summed E-state index contributed by atoms with van der Waals surface area (Å²) in [7, 11) is 1.75. The number of nitrogens with zero attached hydrogens (tertiary/aromatic N) is 4. The van der Waals surface area contributed by atoms with E-state index >= 15 is 0 Å². The molecule has 0 atom stereocenters. The summed E-state index contributed by atoms with van der Waals surface area (Å²) in [6.45, 7) is 0. The van der Waals surface area contributed by atoms with Crippen LogP contribution in [0, 0.1) is 0 Å². The van der Waals surface area contributed by atoms with E-state index in [1.165, 1.54) is 0 Å². The average Bonchev–Trinajstić information content (AvgIpc) is 2.98. The van der Waals surface area contributed by atoms with Crippen LogP contribution in [-0.4, -0.2) is 19.9 Å². The van der Waals surface area contributed by atoms with Crippen LogP contribution < -0.4 is 5.73 Å². The van der Waals surface area contributed by atoms with Gasteiger partial charge in [-0.05, 0) is 12.1 Å². The normalized spacial score (nSPS) is 10.8. The Hall–Kier alpha value is -2.15. The maximum absolute atomic E-state index is 5.87. The van der Waals surface area contributed by atoms with E-state index in [1.54, 1.807) is 17.9 Å². The number of benzene rings is 1. The second-order valence-corrected chi connectivity index (χ2v) is 4.92. The Labute approximate surface area is 117 Å². The van der Waals surface area contributed by atoms with Gasteiger partial charge in [0.1, 0.15) is 11.4 Å². The molecule has 0 unspecified atom stereocenters. The lowest BCUT2D eigenvalue weighted by Gasteiger charge is -1.95. The average molecular weight is 320 g/mol. The zero-order chi connectivity index (χ0) is 13.4. The fraction of sp³-hybridized carbons (Fsp3) is 0.0833. The predicted octanol–water partition coefficient (Wildman–Crippen LogP) is 2.48. The molecule has 2 heterocycles. The van der Waals surface area contributed by atoms with E-state index in [2.05, 4.69) is 31.2 Å². The Bertz CT molecular complexity index is 733. The Balaban J connectivity index is 2.02. The smallest absolute Gasteiger partial charge is 0.263 e. The standard InChI is InChI=1S/C12H10BrN5O/c1-18-10(14)9(6-15-18)12-16-11(17-19-12)7-3-2-4-8(13)5-7/h2-6H,14H2,1H3. The van der Waals surface area contributed by atoms with Gasteiger partial charge in [0, 0.05) is 17.1 Å². The van der Waals surface area contributed by atoms with Gasteiger partial charge in [-0.2, -0.15) is 10.1 Å². The summed E-state index contributed by atoms with van der Waals surface area (Å²) < 4.78 is 7.74. The summed E-state index contributed by atoms with van der Waals surface area (Å²) >= 11 is 3.41. The quantitative estimate of drug-likeness (QED) is 0.784. The highest BCUT2D eigenvalue weighted by molar-refractivity contribution is 9.10. The SMILES string of the molecule is Cn1ncc(-c2nc(-c3cccc(Br)c3)no2)c1N. The van der Waals surface area contributed by atoms with Gasteiger partial charge in [0.05, 0.1) is 6.20 Å². The van der Waals surface area contributed by atoms with Crippen molar-refractivity contribution in [2.45, 2.75) is 0 Å². The van der Waals surface area contributed by atoms with Crippen LogP contribution in [0.4, 0.5) is 5.82 Å². The van der Waals surface area contributed by atoms with Crippen LogP contribution in [0.3, 0.4) is 0 Å². The molecule has 0 spiro atoms. The summed E-state index contributed by atoms with van der Waals surface area (Å²) in [5, 5.41) is 8.00. The van der Waals surface area contributed by atoms with Crippen molar-refractivity contribution in [2.24, 2.45) is 7.05 Å². The minimum atomic E-state index is 0.362. The number of nitrogen functional groups attached to an aromatic ring is 1. The lowest BCUT2D eigenvalue weighted by atomic mass is 10.2. The van der Waals surface area contributed by atoms with Crippen LogP contribution in [-0.2, 0) is 7.05 Å². The first-order chi connectivity index (χ1) is 9.15. The van der Waals surface area contributed by atoms with E-state index in [-0.39, 0.29) is 0 Å². The molecule has 19 heavy (non-hydrogen) atoms. The van der Waals surface area contributed by atoms with Crippen LogP contribution >= 0.6 is 15.9 Å². The number of aryl methyl sites for hydroxylation is 1. The van der Waals surface area contributed by atoms with Crippen molar-refractivity contribution in [1.29, 1.82) is 0 Å². The first-order valence-electron chi connectivity index (χ1n) is 5.52. The first kappa shape index (κ1) is 11.9. The molecular formula is C12H10BrN5O. The zero-order valence-corrected chi connectivity index (χ0v) is 11.6. The van der Waals surface area contributed by atoms with Gasteiger partial charge in [0.15, 0.2) is 0 Å². The number of hydrogen-bond acceptors (Lipinski definition) is 5. The van der Waals surface area contributed by atoms with E-state index < -0.39 is 0 Å². The van der Waals surface area contributed by atoms with E-state index in [9.17, 15) is 0 Å². The molecule has 2 N–H and O–H groups in total. The summed E-state index contributed by atoms with van der Waals surface area (Å²) in [4.78, 5) is 4.33. The maximum atomic E-state index is 5.87. The van der Waals surface area contributed by atoms with Crippen molar-refractivity contribution >= 4 is 21.7 Å². The predicted molar refractivity (Wildman–Crippen MR) is 74.0 cm³/mol. The fourth-order valence-corrected chi connectivity index (χ4v) is 2.09. The van der Waals surface area contributed by atoms with Gasteiger partial charge in [-0.25, -0.2) is 0 Å². The topological polar surface area (TPSA) is 82.8 Å². The largest absolute Gasteiger partial charge is 0.383 e. The molecule has 3 aromatic rings. The number of anilines is 1. The summed E-state index contributed by atoms with van der Waals surface area (Å²) in [6.07, 6.45) is 1.60. The Morgan fingerprint density at radius 2 is 2.21 bits per heavy atom. The second kappa shape index (κ2) is 4.51. The van der Waals surface area contributed by atoms with Crippen molar-refractivity contribution in [3.8, 4) is 22.8 Å². The third-order valence-electron chi connectivity index (χ3n) is 2.72. The summed E-state index contributed by atoms with van der Waals surface area (Å²) in [5.41, 5.74) is 7.37. The molecule has 0 bridgehead atoms. The number of hydrogen-bond donors (Lipinski definition) is 1. The molecule has 0 radical (unpaired) electrons. The van der Waals surface area contributed by atoms with Crippen LogP contribution in [0.15, 0.2) is 39.5 Å². The molecule has 0 aliphatic heterocycles. The molecule has 2 aromatic heterocycles. The van der Waals surface area contributed by atoms with Crippen molar-refractivity contribution in [2.75, 3.05) is 5.73 Å². The molecule has 96 valence electrons. The maximum Gasteiger partial charge on any atom is 0.263 e. The fourth-order valence-electron chi connectivity index (χ4n) is 1.69. The number of halogens is 1. The van der Waals surface area contributed by atoms with Crippen molar-refractivity contribution in [1.82, 2.24) is 19.9 Å². The minimum absolute atomic E-state index is 0.362. The Kier molecular flexibility index (Phi) is 2.83. The highest BCUT2D eigenvalue weighted by Gasteiger charge is 2.15. The minimum Gasteiger partial charge on any atom is -0.383 e. The number of aromatic nitrogens is 4. The highest BCUT2D eigenvalue weighted by atomic mass is 79.9. The van der Waals surface area contributed by atoms with E-state index in [4.69, 9.17) is 10.3 Å². The highest BCUT2D eigenvalue weighted by Crippen LogP contribution is 2.26. The molecule has 0 amide bonds. The van der Waals surface area contributed by atoms with E-state index in [0.717, 1.165) is 10.0 Å². The lowest BCUT2D eigenvalue weighted by molar-refractivity contribution is 0.432. The first-order valence-corrected chi connectivity index (χ1v) is 6.32. The third kappa shape index (κ3) is 2.12. The van der Waals surface area contributed by atoms with Crippen LogP contribution in [0.1, 0.15) is 0 Å². The number of rotatable bonds is 2. The van der Waals surface area contributed by atoms with Gasteiger partial charge in [-0.3, -0.25) is 4.68 Å². The van der Waals surface area contributed by atoms with Crippen molar-refractivity contribution < 1.29 is 4.52 Å². The monoisotopic (exact) mass is 319 g/mol. The Morgan fingerprint density at radius 3 is 2.89 bits per heavy atom. The Morgan fingerprint density at radius 1 is 1.37 bits per heavy atom. The van der Waals surface area contributed by atoms with Gasteiger partial charge in [0.2, 0.25) is 5.82 Å². The van der Waals surface area contributed by atoms with Crippen LogP contribution in [0.2, 0.25) is 0 Å². The molecule has 0 fully saturated rings. The lowest BCUT2D eigenvalue weighted by Crippen LogP contribution is -1.98. The molecule has 0 aliphatic carbocycles. The number of nitrogens with two attached hydrogens (primary N) is 1. The molecule has 3 rings (SSSR count). The zero-order valence-electron chi connectivity index (χ0n) is 10.0. The molecule has 0 aliphatic rings. The van der Waals surface area contributed by atoms with Gasteiger partial charge < -0.3 is 10.3 Å². The summed E-state index contributed by atoms with van der Waals surface area (Å²) in [5.74, 6) is 1.37. The molecule has 7 heteroatoms. The van der Waals surface area contributed by atoms with Crippen LogP contribution in [0.5, 0.6) is 0 Å². The molecule has 6 nitrogen and oxygen atoms in total. The summed E-state index contributed by atoms with van der Waals surface area (Å²) in [6, 6.07) is 7.67. The van der Waals surface area contributed by atoms with Crippen molar-refractivity contribution in [3.05, 3.63) is 34.9 Å². The van der Waals surface area contributed by atoms with E-state index in [0.29, 0.717) is 23.1 Å². The second-order valence-electron chi connectivity index (χ2n) is 4.00. The third-order valence-corrected chi connectivity index (χ3v) is 3.22. The molecule has 1 aromatic carbocycles. The molecular weight excluding hydrogens is 310 g/mol. The van der Waals surface area contributed by atoms with Gasteiger partial charge >= 0.3 is 0 Å². The molecule has 0 saturated heterocycles. The van der Waals surface area contributed by atoms with Crippen LogP contribution in [0.25, 0.3) is 22.8 Å². The molecule has 0 saturated carbocycles. The van der Waals surface area contributed by atoms with E-state index in [1.807, 2.05) is 24.3 Å². The van der Waals surface area contributed by atoms with Gasteiger partial charge in [0.25, 0.3) is 5.89 Å². The van der Waals surface area contributed by atoms with Gasteiger partial charge in [-0.15, -0.1) is 0 Å².